The lowest BCUT2D eigenvalue weighted by Gasteiger charge is -2.11. The highest BCUT2D eigenvalue weighted by Crippen LogP contribution is 2.31. The van der Waals surface area contributed by atoms with Crippen molar-refractivity contribution in [3.63, 3.8) is 0 Å². The highest BCUT2D eigenvalue weighted by molar-refractivity contribution is 5.77. The fourth-order valence-electron chi connectivity index (χ4n) is 1.57. The number of alkyl halides is 3. The van der Waals surface area contributed by atoms with Crippen molar-refractivity contribution in [2.75, 3.05) is 23.4 Å². The Balaban J connectivity index is 2.23. The summed E-state index contributed by atoms with van der Waals surface area (Å²) in [6.07, 6.45) is -3.06. The van der Waals surface area contributed by atoms with Gasteiger partial charge in [0, 0.05) is 12.7 Å². The van der Waals surface area contributed by atoms with Crippen LogP contribution in [0.1, 0.15) is 5.56 Å². The number of nitrogens with zero attached hydrogens (tertiary/aromatic N) is 2. The summed E-state index contributed by atoms with van der Waals surface area (Å²) in [6, 6.07) is 4.59. The van der Waals surface area contributed by atoms with Crippen LogP contribution in [0, 0.1) is 0 Å². The van der Waals surface area contributed by atoms with Crippen LogP contribution in [-0.2, 0) is 6.18 Å². The van der Waals surface area contributed by atoms with Crippen LogP contribution < -0.4 is 16.4 Å². The molecule has 4 N–H and O–H groups in total. The Labute approximate surface area is 113 Å². The van der Waals surface area contributed by atoms with E-state index in [4.69, 9.17) is 5.73 Å². The molecule has 1 aromatic carbocycles. The summed E-state index contributed by atoms with van der Waals surface area (Å²) in [5.74, 6) is 0.763. The second-order valence-electron chi connectivity index (χ2n) is 3.93. The van der Waals surface area contributed by atoms with Gasteiger partial charge < -0.3 is 16.4 Å². The first-order valence-electron chi connectivity index (χ1n) is 5.64. The molecule has 2 aromatic rings. The van der Waals surface area contributed by atoms with Gasteiger partial charge >= 0.3 is 6.18 Å². The number of hydrogen-bond acceptors (Lipinski definition) is 5. The van der Waals surface area contributed by atoms with Crippen molar-refractivity contribution in [2.45, 2.75) is 6.18 Å². The maximum Gasteiger partial charge on any atom is 0.416 e. The first-order valence-corrected chi connectivity index (χ1v) is 5.64. The van der Waals surface area contributed by atoms with Gasteiger partial charge in [0.1, 0.15) is 12.0 Å². The summed E-state index contributed by atoms with van der Waals surface area (Å²) >= 11 is 0. The van der Waals surface area contributed by atoms with Crippen molar-refractivity contribution >= 4 is 23.0 Å². The molecule has 0 radical (unpaired) electrons. The molecule has 0 saturated carbocycles. The van der Waals surface area contributed by atoms with Crippen LogP contribution in [0.4, 0.5) is 36.2 Å². The smallest absolute Gasteiger partial charge is 0.393 e. The van der Waals surface area contributed by atoms with Gasteiger partial charge in [-0.25, -0.2) is 9.97 Å². The van der Waals surface area contributed by atoms with E-state index >= 15 is 0 Å². The van der Waals surface area contributed by atoms with Crippen molar-refractivity contribution in [1.29, 1.82) is 0 Å². The van der Waals surface area contributed by atoms with E-state index in [-0.39, 0.29) is 5.69 Å². The molecule has 0 amide bonds. The molecule has 106 valence electrons. The quantitative estimate of drug-likeness (QED) is 0.807. The summed E-state index contributed by atoms with van der Waals surface area (Å²) in [7, 11) is 1.65. The first kappa shape index (κ1) is 13.9. The predicted octanol–water partition coefficient (Wildman–Crippen LogP) is 2.86. The summed E-state index contributed by atoms with van der Waals surface area (Å²) in [4.78, 5) is 7.85. The molecular formula is C12H12F3N5. The molecule has 0 bridgehead atoms. The molecule has 0 atom stereocenters. The Bertz CT molecular complexity index is 595. The van der Waals surface area contributed by atoms with Crippen molar-refractivity contribution in [1.82, 2.24) is 9.97 Å². The molecule has 0 saturated heterocycles. The third kappa shape index (κ3) is 2.90. The monoisotopic (exact) mass is 283 g/mol. The van der Waals surface area contributed by atoms with E-state index in [1.54, 1.807) is 7.05 Å². The Kier molecular flexibility index (Phi) is 3.64. The van der Waals surface area contributed by atoms with Crippen LogP contribution in [0.3, 0.4) is 0 Å². The minimum absolute atomic E-state index is 0.287. The van der Waals surface area contributed by atoms with Crippen molar-refractivity contribution in [2.24, 2.45) is 0 Å². The molecule has 0 unspecified atom stereocenters. The largest absolute Gasteiger partial charge is 0.416 e. The number of hydrogen-bond donors (Lipinski definition) is 3. The molecule has 8 heteroatoms. The molecule has 0 fully saturated rings. The average Bonchev–Trinajstić information content (AvgIpc) is 2.41. The highest BCUT2D eigenvalue weighted by Gasteiger charge is 2.29. The molecular weight excluding hydrogens is 271 g/mol. The minimum Gasteiger partial charge on any atom is -0.393 e. The number of nitrogens with one attached hydrogen (secondary N) is 2. The van der Waals surface area contributed by atoms with Crippen LogP contribution in [0.5, 0.6) is 0 Å². The van der Waals surface area contributed by atoms with Gasteiger partial charge in [0.2, 0.25) is 0 Å². The van der Waals surface area contributed by atoms with Gasteiger partial charge in [0.25, 0.3) is 0 Å². The normalized spacial score (nSPS) is 11.2. The second kappa shape index (κ2) is 5.24. The van der Waals surface area contributed by atoms with Gasteiger partial charge in [-0.1, -0.05) is 0 Å². The molecule has 1 heterocycles. The molecule has 5 nitrogen and oxygen atoms in total. The number of rotatable bonds is 3. The summed E-state index contributed by atoms with van der Waals surface area (Å²) < 4.78 is 37.3. The summed E-state index contributed by atoms with van der Waals surface area (Å²) in [5, 5.41) is 5.63. The van der Waals surface area contributed by atoms with Gasteiger partial charge in [-0.2, -0.15) is 13.2 Å². The van der Waals surface area contributed by atoms with E-state index in [0.29, 0.717) is 17.3 Å². The second-order valence-corrected chi connectivity index (χ2v) is 3.93. The lowest BCUT2D eigenvalue weighted by Crippen LogP contribution is -2.06. The molecule has 0 aliphatic heterocycles. The van der Waals surface area contributed by atoms with Crippen LogP contribution >= 0.6 is 0 Å². The lowest BCUT2D eigenvalue weighted by molar-refractivity contribution is -0.137. The number of anilines is 4. The number of halogens is 3. The summed E-state index contributed by atoms with van der Waals surface area (Å²) in [5.41, 5.74) is 5.83. The predicted molar refractivity (Wildman–Crippen MR) is 70.7 cm³/mol. The third-order valence-electron chi connectivity index (χ3n) is 2.60. The SMILES string of the molecule is CNc1ncnc(Nc2ccc(C(F)(F)F)cc2)c1N. The Hall–Kier alpha value is -2.51. The standard InChI is InChI=1S/C12H12F3N5/c1-17-10-9(16)11(19-6-18-10)20-8-4-2-7(3-5-8)12(13,14)15/h2-6H,16H2,1H3,(H2,17,18,19,20). The van der Waals surface area contributed by atoms with E-state index in [1.807, 2.05) is 0 Å². The van der Waals surface area contributed by atoms with E-state index in [9.17, 15) is 13.2 Å². The average molecular weight is 283 g/mol. The zero-order valence-corrected chi connectivity index (χ0v) is 10.5. The topological polar surface area (TPSA) is 75.9 Å². The number of nitrogen functional groups attached to an aromatic ring is 1. The fraction of sp³-hybridized carbons (Fsp3) is 0.167. The molecule has 0 aliphatic carbocycles. The zero-order chi connectivity index (χ0) is 14.8. The fourth-order valence-corrected chi connectivity index (χ4v) is 1.57. The van der Waals surface area contributed by atoms with Crippen LogP contribution in [0.15, 0.2) is 30.6 Å². The van der Waals surface area contributed by atoms with Gasteiger partial charge in [0.05, 0.1) is 5.56 Å². The number of nitrogens with two attached hydrogens (primary N) is 1. The van der Waals surface area contributed by atoms with E-state index in [0.717, 1.165) is 12.1 Å². The molecule has 0 spiro atoms. The zero-order valence-electron chi connectivity index (χ0n) is 10.5. The Morgan fingerprint density at radius 3 is 2.20 bits per heavy atom. The van der Waals surface area contributed by atoms with Gasteiger partial charge in [-0.15, -0.1) is 0 Å². The molecule has 20 heavy (non-hydrogen) atoms. The summed E-state index contributed by atoms with van der Waals surface area (Å²) in [6.45, 7) is 0. The lowest BCUT2D eigenvalue weighted by atomic mass is 10.2. The van der Waals surface area contributed by atoms with Crippen LogP contribution in [0.25, 0.3) is 0 Å². The molecule has 1 aromatic heterocycles. The van der Waals surface area contributed by atoms with Crippen molar-refractivity contribution < 1.29 is 13.2 Å². The van der Waals surface area contributed by atoms with Crippen LogP contribution in [0.2, 0.25) is 0 Å². The maximum atomic E-state index is 12.4. The Morgan fingerprint density at radius 1 is 1.05 bits per heavy atom. The van der Waals surface area contributed by atoms with Gasteiger partial charge in [-0.3, -0.25) is 0 Å². The third-order valence-corrected chi connectivity index (χ3v) is 2.60. The van der Waals surface area contributed by atoms with Crippen LogP contribution in [-0.4, -0.2) is 17.0 Å². The van der Waals surface area contributed by atoms with Gasteiger partial charge in [0.15, 0.2) is 11.6 Å². The maximum absolute atomic E-state index is 12.4. The number of benzene rings is 1. The number of aromatic nitrogens is 2. The Morgan fingerprint density at radius 2 is 1.65 bits per heavy atom. The van der Waals surface area contributed by atoms with Gasteiger partial charge in [-0.05, 0) is 24.3 Å². The van der Waals surface area contributed by atoms with Crippen molar-refractivity contribution in [3.8, 4) is 0 Å². The first-order chi connectivity index (χ1) is 9.41. The van der Waals surface area contributed by atoms with E-state index in [1.165, 1.54) is 18.5 Å². The van der Waals surface area contributed by atoms with E-state index in [2.05, 4.69) is 20.6 Å². The van der Waals surface area contributed by atoms with Crippen molar-refractivity contribution in [3.05, 3.63) is 36.2 Å². The minimum atomic E-state index is -4.36. The molecule has 2 rings (SSSR count). The van der Waals surface area contributed by atoms with E-state index < -0.39 is 11.7 Å². The highest BCUT2D eigenvalue weighted by atomic mass is 19.4. The molecule has 0 aliphatic rings.